The Labute approximate surface area is 153 Å². The minimum absolute atomic E-state index is 0.0623. The first kappa shape index (κ1) is 17.8. The van der Waals surface area contributed by atoms with Gasteiger partial charge in [-0.3, -0.25) is 0 Å². The van der Waals surface area contributed by atoms with E-state index in [1.54, 1.807) is 6.07 Å². The predicted octanol–water partition coefficient (Wildman–Crippen LogP) is 3.31. The van der Waals surface area contributed by atoms with E-state index in [-0.39, 0.29) is 11.0 Å². The summed E-state index contributed by atoms with van der Waals surface area (Å²) in [5.41, 5.74) is 0.871. The van der Waals surface area contributed by atoms with Gasteiger partial charge in [0.1, 0.15) is 12.1 Å². The zero-order valence-electron chi connectivity index (χ0n) is 14.5. The Bertz CT molecular complexity index is 871. The van der Waals surface area contributed by atoms with Gasteiger partial charge >= 0.3 is 12.3 Å². The highest BCUT2D eigenvalue weighted by molar-refractivity contribution is 5.90. The number of fused-ring (bicyclic) bond motifs is 1. The summed E-state index contributed by atoms with van der Waals surface area (Å²) in [6, 6.07) is 4.57. The van der Waals surface area contributed by atoms with E-state index in [4.69, 9.17) is 5.11 Å². The molecule has 144 valence electrons. The molecule has 3 heterocycles. The second-order valence-electron chi connectivity index (χ2n) is 7.47. The lowest BCUT2D eigenvalue weighted by molar-refractivity contribution is -0.127. The molecule has 6 nitrogen and oxygen atoms in total. The third kappa shape index (κ3) is 3.50. The van der Waals surface area contributed by atoms with Crippen molar-refractivity contribution in [3.63, 3.8) is 0 Å². The smallest absolute Gasteiger partial charge is 0.407 e. The molecule has 1 aromatic heterocycles. The second kappa shape index (κ2) is 6.24. The minimum Gasteiger partial charge on any atom is -0.465 e. The zero-order valence-corrected chi connectivity index (χ0v) is 14.5. The summed E-state index contributed by atoms with van der Waals surface area (Å²) >= 11 is 0. The van der Waals surface area contributed by atoms with Crippen LogP contribution in [0.25, 0.3) is 10.9 Å². The Morgan fingerprint density at radius 3 is 2.52 bits per heavy atom. The highest BCUT2D eigenvalue weighted by Gasteiger charge is 2.46. The van der Waals surface area contributed by atoms with Crippen molar-refractivity contribution >= 4 is 22.8 Å². The van der Waals surface area contributed by atoms with E-state index in [1.807, 2.05) is 0 Å². The van der Waals surface area contributed by atoms with Crippen LogP contribution in [0.3, 0.4) is 0 Å². The number of anilines is 1. The van der Waals surface area contributed by atoms with Crippen molar-refractivity contribution in [2.24, 2.45) is 5.41 Å². The summed E-state index contributed by atoms with van der Waals surface area (Å²) < 4.78 is 38.2. The number of amides is 1. The number of aromatic nitrogens is 2. The Kier molecular flexibility index (Phi) is 4.12. The van der Waals surface area contributed by atoms with Crippen molar-refractivity contribution < 1.29 is 23.1 Å². The lowest BCUT2D eigenvalue weighted by atomic mass is 9.72. The number of halogens is 3. The molecule has 0 atom stereocenters. The highest BCUT2D eigenvalue weighted by Crippen LogP contribution is 2.43. The van der Waals surface area contributed by atoms with Crippen LogP contribution < -0.4 is 4.90 Å². The van der Waals surface area contributed by atoms with E-state index in [2.05, 4.69) is 14.9 Å². The van der Waals surface area contributed by atoms with Crippen LogP contribution in [0.4, 0.5) is 23.8 Å². The first-order chi connectivity index (χ1) is 12.7. The molecule has 0 aliphatic carbocycles. The average molecular weight is 380 g/mol. The fourth-order valence-corrected chi connectivity index (χ4v) is 4.09. The molecular weight excluding hydrogens is 361 g/mol. The third-order valence-corrected chi connectivity index (χ3v) is 5.53. The molecule has 0 radical (unpaired) electrons. The number of nitrogens with zero attached hydrogens (tertiary/aromatic N) is 4. The maximum Gasteiger partial charge on any atom is 0.407 e. The standard InChI is InChI=1S/C18H19F3N4O2/c19-18(20,21)8-12-1-2-14-13(7-12)15(23-11-22-14)25-9-17(10-25)3-5-24(6-4-17)16(26)27/h1-2,7,11H,3-6,8-10H2,(H,26,27). The number of hydrogen-bond acceptors (Lipinski definition) is 4. The van der Waals surface area contributed by atoms with Crippen LogP contribution in [0.5, 0.6) is 0 Å². The van der Waals surface area contributed by atoms with Crippen molar-refractivity contribution in [1.82, 2.24) is 14.9 Å². The number of rotatable bonds is 2. The summed E-state index contributed by atoms with van der Waals surface area (Å²) in [4.78, 5) is 23.0. The lowest BCUT2D eigenvalue weighted by Crippen LogP contribution is -2.61. The Morgan fingerprint density at radius 2 is 1.89 bits per heavy atom. The highest BCUT2D eigenvalue weighted by atomic mass is 19.4. The van der Waals surface area contributed by atoms with E-state index in [9.17, 15) is 18.0 Å². The van der Waals surface area contributed by atoms with Gasteiger partial charge in [0.05, 0.1) is 11.9 Å². The number of benzene rings is 1. The van der Waals surface area contributed by atoms with Gasteiger partial charge in [0.15, 0.2) is 0 Å². The largest absolute Gasteiger partial charge is 0.465 e. The van der Waals surface area contributed by atoms with Crippen LogP contribution in [0.15, 0.2) is 24.5 Å². The molecule has 2 aliphatic heterocycles. The molecule has 2 aliphatic rings. The maximum atomic E-state index is 12.7. The van der Waals surface area contributed by atoms with Gasteiger partial charge in [-0.2, -0.15) is 13.2 Å². The Hall–Kier alpha value is -2.58. The van der Waals surface area contributed by atoms with Gasteiger partial charge in [-0.15, -0.1) is 0 Å². The number of alkyl halides is 3. The predicted molar refractivity (Wildman–Crippen MR) is 92.8 cm³/mol. The van der Waals surface area contributed by atoms with Crippen molar-refractivity contribution in [3.8, 4) is 0 Å². The molecule has 2 fully saturated rings. The van der Waals surface area contributed by atoms with Gasteiger partial charge in [-0.05, 0) is 30.5 Å². The molecule has 4 rings (SSSR count). The van der Waals surface area contributed by atoms with Crippen molar-refractivity contribution in [1.29, 1.82) is 0 Å². The summed E-state index contributed by atoms with van der Waals surface area (Å²) in [6.45, 7) is 2.50. The fourth-order valence-electron chi connectivity index (χ4n) is 4.09. The molecular formula is C18H19F3N4O2. The molecule has 1 N–H and O–H groups in total. The number of hydrogen-bond donors (Lipinski definition) is 1. The van der Waals surface area contributed by atoms with Crippen molar-refractivity contribution in [2.45, 2.75) is 25.4 Å². The SMILES string of the molecule is O=C(O)N1CCC2(CC1)CN(c1ncnc3ccc(CC(F)(F)F)cc13)C2. The van der Waals surface area contributed by atoms with Gasteiger partial charge in [-0.25, -0.2) is 14.8 Å². The summed E-state index contributed by atoms with van der Waals surface area (Å²) in [6.07, 6.45) is -3.12. The third-order valence-electron chi connectivity index (χ3n) is 5.53. The van der Waals surface area contributed by atoms with Crippen LogP contribution in [-0.4, -0.2) is 58.4 Å². The molecule has 27 heavy (non-hydrogen) atoms. The molecule has 1 amide bonds. The van der Waals surface area contributed by atoms with E-state index >= 15 is 0 Å². The molecule has 2 saturated heterocycles. The Balaban J connectivity index is 1.53. The summed E-state index contributed by atoms with van der Waals surface area (Å²) in [5.74, 6) is 0.648. The first-order valence-electron chi connectivity index (χ1n) is 8.78. The van der Waals surface area contributed by atoms with Gasteiger partial charge in [0, 0.05) is 37.0 Å². The van der Waals surface area contributed by atoms with Crippen LogP contribution in [0.1, 0.15) is 18.4 Å². The molecule has 2 aromatic rings. The molecule has 0 saturated carbocycles. The van der Waals surface area contributed by atoms with Crippen LogP contribution in [0, 0.1) is 5.41 Å². The lowest BCUT2D eigenvalue weighted by Gasteiger charge is -2.54. The second-order valence-corrected chi connectivity index (χ2v) is 7.47. The van der Waals surface area contributed by atoms with Crippen molar-refractivity contribution in [3.05, 3.63) is 30.1 Å². The van der Waals surface area contributed by atoms with E-state index < -0.39 is 18.7 Å². The number of piperidine rings is 1. The fraction of sp³-hybridized carbons (Fsp3) is 0.500. The van der Waals surface area contributed by atoms with Gasteiger partial charge in [-0.1, -0.05) is 6.07 Å². The van der Waals surface area contributed by atoms with Crippen LogP contribution in [-0.2, 0) is 6.42 Å². The van der Waals surface area contributed by atoms with E-state index in [1.165, 1.54) is 23.4 Å². The number of carbonyl (C=O) groups is 1. The van der Waals surface area contributed by atoms with Gasteiger partial charge < -0.3 is 14.9 Å². The van der Waals surface area contributed by atoms with E-state index in [0.29, 0.717) is 29.8 Å². The molecule has 0 bridgehead atoms. The average Bonchev–Trinajstić information content (AvgIpc) is 2.58. The summed E-state index contributed by atoms with van der Waals surface area (Å²) in [7, 11) is 0. The van der Waals surface area contributed by atoms with Crippen LogP contribution >= 0.6 is 0 Å². The molecule has 1 aromatic carbocycles. The normalized spacial score (nSPS) is 19.4. The van der Waals surface area contributed by atoms with E-state index in [0.717, 1.165) is 25.9 Å². The Morgan fingerprint density at radius 1 is 1.19 bits per heavy atom. The quantitative estimate of drug-likeness (QED) is 0.866. The molecule has 1 spiro atoms. The van der Waals surface area contributed by atoms with Gasteiger partial charge in [0.25, 0.3) is 0 Å². The number of likely N-dealkylation sites (tertiary alicyclic amines) is 1. The molecule has 0 unspecified atom stereocenters. The van der Waals surface area contributed by atoms with Crippen LogP contribution in [0.2, 0.25) is 0 Å². The zero-order chi connectivity index (χ0) is 19.2. The first-order valence-corrected chi connectivity index (χ1v) is 8.78. The monoisotopic (exact) mass is 380 g/mol. The number of carboxylic acid groups (broad SMARTS) is 1. The molecule has 9 heteroatoms. The topological polar surface area (TPSA) is 69.6 Å². The summed E-state index contributed by atoms with van der Waals surface area (Å²) in [5, 5.41) is 9.69. The maximum absolute atomic E-state index is 12.7. The minimum atomic E-state index is -4.26. The van der Waals surface area contributed by atoms with Gasteiger partial charge in [0.2, 0.25) is 0 Å². The van der Waals surface area contributed by atoms with Crippen molar-refractivity contribution in [2.75, 3.05) is 31.1 Å².